The summed E-state index contributed by atoms with van der Waals surface area (Å²) in [7, 11) is 0. The van der Waals surface area contributed by atoms with Crippen LogP contribution < -0.4 is 0 Å². The largest absolute Gasteiger partial charge is 0.504 e. The second-order valence-electron chi connectivity index (χ2n) is 4.72. The quantitative estimate of drug-likeness (QED) is 0.879. The molecule has 2 rings (SSSR count). The number of benzene rings is 1. The third-order valence-electron chi connectivity index (χ3n) is 2.68. The predicted molar refractivity (Wildman–Crippen MR) is 68.9 cm³/mol. The van der Waals surface area contributed by atoms with Crippen LogP contribution in [0.15, 0.2) is 30.3 Å². The highest BCUT2D eigenvalue weighted by Gasteiger charge is 2.16. The van der Waals surface area contributed by atoms with Gasteiger partial charge in [0.15, 0.2) is 5.75 Å². The molecular formula is C14H18N2O. The summed E-state index contributed by atoms with van der Waals surface area (Å²) in [5.41, 5.74) is 2.51. The van der Waals surface area contributed by atoms with Crippen molar-refractivity contribution >= 4 is 0 Å². The van der Waals surface area contributed by atoms with E-state index in [0.29, 0.717) is 11.6 Å². The highest BCUT2D eigenvalue weighted by atomic mass is 16.3. The molecule has 0 unspecified atom stereocenters. The molecule has 1 aromatic heterocycles. The van der Waals surface area contributed by atoms with Gasteiger partial charge in [-0.3, -0.25) is 4.68 Å². The normalized spacial score (nSPS) is 11.1. The van der Waals surface area contributed by atoms with Crippen LogP contribution in [-0.2, 0) is 6.54 Å². The van der Waals surface area contributed by atoms with Gasteiger partial charge in [0.2, 0.25) is 0 Å². The van der Waals surface area contributed by atoms with Crippen molar-refractivity contribution in [3.63, 3.8) is 0 Å². The van der Waals surface area contributed by atoms with E-state index < -0.39 is 0 Å². The van der Waals surface area contributed by atoms with Crippen molar-refractivity contribution < 1.29 is 5.11 Å². The molecule has 0 saturated heterocycles. The molecule has 90 valence electrons. The van der Waals surface area contributed by atoms with Crippen molar-refractivity contribution in [1.82, 2.24) is 9.78 Å². The highest BCUT2D eigenvalue weighted by Crippen LogP contribution is 2.32. The van der Waals surface area contributed by atoms with Crippen molar-refractivity contribution in [3.05, 3.63) is 36.0 Å². The summed E-state index contributed by atoms with van der Waals surface area (Å²) in [5, 5.41) is 14.5. The minimum absolute atomic E-state index is 0.289. The Kier molecular flexibility index (Phi) is 3.18. The Labute approximate surface area is 102 Å². The minimum atomic E-state index is 0.289. The average Bonchev–Trinajstić information content (AvgIpc) is 2.55. The Hall–Kier alpha value is -1.77. The molecule has 0 aliphatic carbocycles. The van der Waals surface area contributed by atoms with Crippen LogP contribution >= 0.6 is 0 Å². The van der Waals surface area contributed by atoms with E-state index in [1.54, 1.807) is 0 Å². The van der Waals surface area contributed by atoms with Gasteiger partial charge >= 0.3 is 0 Å². The van der Waals surface area contributed by atoms with E-state index in [4.69, 9.17) is 0 Å². The van der Waals surface area contributed by atoms with E-state index in [1.807, 2.05) is 41.9 Å². The fraction of sp³-hybridized carbons (Fsp3) is 0.357. The molecule has 0 spiro atoms. The zero-order chi connectivity index (χ0) is 12.4. The molecule has 2 aromatic rings. The van der Waals surface area contributed by atoms with Crippen LogP contribution in [0.5, 0.6) is 5.75 Å². The van der Waals surface area contributed by atoms with Crippen molar-refractivity contribution in [2.75, 3.05) is 0 Å². The zero-order valence-corrected chi connectivity index (χ0v) is 10.5. The van der Waals surface area contributed by atoms with Crippen molar-refractivity contribution in [1.29, 1.82) is 0 Å². The molecule has 3 heteroatoms. The van der Waals surface area contributed by atoms with Crippen LogP contribution in [0.3, 0.4) is 0 Å². The first-order valence-corrected chi connectivity index (χ1v) is 5.91. The lowest BCUT2D eigenvalue weighted by molar-refractivity contribution is 0.467. The molecule has 0 aliphatic heterocycles. The highest BCUT2D eigenvalue weighted by molar-refractivity contribution is 5.67. The van der Waals surface area contributed by atoms with Gasteiger partial charge in [0, 0.05) is 12.1 Å². The van der Waals surface area contributed by atoms with Crippen LogP contribution in [0.2, 0.25) is 0 Å². The van der Waals surface area contributed by atoms with E-state index >= 15 is 0 Å². The molecule has 0 fully saturated rings. The van der Waals surface area contributed by atoms with Crippen LogP contribution in [0.4, 0.5) is 0 Å². The van der Waals surface area contributed by atoms with Crippen molar-refractivity contribution in [2.45, 2.75) is 27.3 Å². The first-order chi connectivity index (χ1) is 8.09. The maximum Gasteiger partial charge on any atom is 0.164 e. The van der Waals surface area contributed by atoms with Gasteiger partial charge in [0.25, 0.3) is 0 Å². The summed E-state index contributed by atoms with van der Waals surface area (Å²) in [6, 6.07) is 9.89. The molecule has 1 N–H and O–H groups in total. The molecule has 17 heavy (non-hydrogen) atoms. The smallest absolute Gasteiger partial charge is 0.164 e. The second-order valence-corrected chi connectivity index (χ2v) is 4.72. The molecule has 0 saturated carbocycles. The molecule has 0 bridgehead atoms. The van der Waals surface area contributed by atoms with Gasteiger partial charge in [0.1, 0.15) is 11.4 Å². The average molecular weight is 230 g/mol. The summed E-state index contributed by atoms with van der Waals surface area (Å²) < 4.78 is 1.89. The SMILES string of the molecule is Cc1nn(CC(C)C)c(-c2ccccc2)c1O. The first-order valence-electron chi connectivity index (χ1n) is 5.91. The van der Waals surface area contributed by atoms with Gasteiger partial charge < -0.3 is 5.11 Å². The number of rotatable bonds is 3. The van der Waals surface area contributed by atoms with Crippen molar-refractivity contribution in [2.24, 2.45) is 5.92 Å². The monoisotopic (exact) mass is 230 g/mol. The fourth-order valence-corrected chi connectivity index (χ4v) is 1.93. The topological polar surface area (TPSA) is 38.0 Å². The Morgan fingerprint density at radius 1 is 1.24 bits per heavy atom. The molecule has 3 nitrogen and oxygen atoms in total. The lowest BCUT2D eigenvalue weighted by Gasteiger charge is -2.10. The van der Waals surface area contributed by atoms with Gasteiger partial charge in [-0.1, -0.05) is 44.2 Å². The Bertz CT molecular complexity index is 500. The Balaban J connectivity index is 2.52. The minimum Gasteiger partial charge on any atom is -0.504 e. The molecule has 0 aliphatic rings. The van der Waals surface area contributed by atoms with Gasteiger partial charge in [-0.15, -0.1) is 0 Å². The number of hydrogen-bond acceptors (Lipinski definition) is 2. The number of aromatic nitrogens is 2. The Morgan fingerprint density at radius 3 is 2.47 bits per heavy atom. The maximum atomic E-state index is 10.1. The van der Waals surface area contributed by atoms with Crippen LogP contribution in [0.1, 0.15) is 19.5 Å². The maximum absolute atomic E-state index is 10.1. The van der Waals surface area contributed by atoms with Gasteiger partial charge in [-0.05, 0) is 12.8 Å². The molecule has 0 radical (unpaired) electrons. The third-order valence-corrected chi connectivity index (χ3v) is 2.68. The van der Waals surface area contributed by atoms with Crippen molar-refractivity contribution in [3.8, 4) is 17.0 Å². The summed E-state index contributed by atoms with van der Waals surface area (Å²) in [4.78, 5) is 0. The fourth-order valence-electron chi connectivity index (χ4n) is 1.93. The van der Waals surface area contributed by atoms with E-state index in [2.05, 4.69) is 18.9 Å². The number of hydrogen-bond donors (Lipinski definition) is 1. The van der Waals surface area contributed by atoms with Gasteiger partial charge in [-0.2, -0.15) is 5.10 Å². The lowest BCUT2D eigenvalue weighted by Crippen LogP contribution is -2.07. The lowest BCUT2D eigenvalue weighted by atomic mass is 10.1. The number of aryl methyl sites for hydroxylation is 1. The number of nitrogens with zero attached hydrogens (tertiary/aromatic N) is 2. The summed E-state index contributed by atoms with van der Waals surface area (Å²) in [5.74, 6) is 0.785. The molecule has 0 atom stereocenters. The van der Waals surface area contributed by atoms with Gasteiger partial charge in [0.05, 0.1) is 0 Å². The van der Waals surface area contributed by atoms with Crippen LogP contribution in [-0.4, -0.2) is 14.9 Å². The standard InChI is InChI=1S/C14H18N2O/c1-10(2)9-16-13(14(17)11(3)15-16)12-7-5-4-6-8-12/h4-8,10,17H,9H2,1-3H3. The van der Waals surface area contributed by atoms with Crippen LogP contribution in [0, 0.1) is 12.8 Å². The molecule has 0 amide bonds. The second kappa shape index (κ2) is 4.62. The molecular weight excluding hydrogens is 212 g/mol. The summed E-state index contributed by atoms with van der Waals surface area (Å²) in [6.07, 6.45) is 0. The van der Waals surface area contributed by atoms with Gasteiger partial charge in [-0.25, -0.2) is 0 Å². The molecule has 1 heterocycles. The Morgan fingerprint density at radius 2 is 1.88 bits per heavy atom. The predicted octanol–water partition coefficient (Wildman–Crippen LogP) is 3.22. The third kappa shape index (κ3) is 2.33. The van der Waals surface area contributed by atoms with E-state index in [0.717, 1.165) is 17.8 Å². The molecule has 1 aromatic carbocycles. The number of aromatic hydroxyl groups is 1. The van der Waals surface area contributed by atoms with E-state index in [9.17, 15) is 5.11 Å². The first kappa shape index (κ1) is 11.7. The van der Waals surface area contributed by atoms with Crippen LogP contribution in [0.25, 0.3) is 11.3 Å². The summed E-state index contributed by atoms with van der Waals surface area (Å²) >= 11 is 0. The van der Waals surface area contributed by atoms with E-state index in [-0.39, 0.29) is 5.75 Å². The summed E-state index contributed by atoms with van der Waals surface area (Å²) in [6.45, 7) is 6.93. The van der Waals surface area contributed by atoms with E-state index in [1.165, 1.54) is 0 Å². The zero-order valence-electron chi connectivity index (χ0n) is 10.5.